The van der Waals surface area contributed by atoms with Crippen molar-refractivity contribution in [2.45, 2.75) is 19.4 Å². The molecule has 0 saturated heterocycles. The highest BCUT2D eigenvalue weighted by molar-refractivity contribution is 5.87. The molecule has 0 aliphatic carbocycles. The van der Waals surface area contributed by atoms with Crippen LogP contribution in [0.4, 0.5) is 5.82 Å². The molecule has 0 amide bonds. The number of hydrogen-bond donors (Lipinski definition) is 1. The fraction of sp³-hybridized carbons (Fsp3) is 0.353. The van der Waals surface area contributed by atoms with E-state index < -0.39 is 0 Å². The third-order valence-corrected chi connectivity index (χ3v) is 3.76. The molecule has 3 aromatic rings. The Kier molecular flexibility index (Phi) is 4.52. The second kappa shape index (κ2) is 6.75. The smallest absolute Gasteiger partial charge is 0.168 e. The van der Waals surface area contributed by atoms with Crippen LogP contribution in [0.25, 0.3) is 16.7 Å². The maximum Gasteiger partial charge on any atom is 0.168 e. The topological polar surface area (TPSA) is 58.9 Å². The van der Waals surface area contributed by atoms with Crippen LogP contribution >= 0.6 is 0 Å². The average molecular weight is 310 g/mol. The van der Waals surface area contributed by atoms with Gasteiger partial charge < -0.3 is 10.2 Å². The summed E-state index contributed by atoms with van der Waals surface area (Å²) in [7, 11) is 4.17. The van der Waals surface area contributed by atoms with Gasteiger partial charge in [-0.25, -0.2) is 14.6 Å². The van der Waals surface area contributed by atoms with Crippen LogP contribution < -0.4 is 5.32 Å². The molecule has 6 heteroatoms. The second-order valence-electron chi connectivity index (χ2n) is 5.99. The first-order valence-corrected chi connectivity index (χ1v) is 7.80. The van der Waals surface area contributed by atoms with Gasteiger partial charge in [0.1, 0.15) is 12.1 Å². The lowest BCUT2D eigenvalue weighted by Crippen LogP contribution is -2.23. The van der Waals surface area contributed by atoms with Crippen molar-refractivity contribution < 1.29 is 0 Å². The third kappa shape index (κ3) is 3.48. The molecule has 2 aromatic heterocycles. The summed E-state index contributed by atoms with van der Waals surface area (Å²) in [5, 5.41) is 8.89. The summed E-state index contributed by atoms with van der Waals surface area (Å²) in [6.07, 6.45) is 4.46. The SMILES string of the molecule is CC(CCN(C)C)Nc1ncnc2c1cnn2-c1ccccc1. The number of rotatable bonds is 6. The Hall–Kier alpha value is -2.47. The van der Waals surface area contributed by atoms with Gasteiger partial charge in [-0.1, -0.05) is 18.2 Å². The van der Waals surface area contributed by atoms with Crippen LogP contribution in [-0.2, 0) is 0 Å². The van der Waals surface area contributed by atoms with Crippen LogP contribution in [0, 0.1) is 0 Å². The highest BCUT2D eigenvalue weighted by Crippen LogP contribution is 2.22. The normalized spacial score (nSPS) is 12.7. The summed E-state index contributed by atoms with van der Waals surface area (Å²) in [6, 6.07) is 10.3. The van der Waals surface area contributed by atoms with Crippen molar-refractivity contribution >= 4 is 16.9 Å². The van der Waals surface area contributed by atoms with Crippen molar-refractivity contribution in [3.63, 3.8) is 0 Å². The Morgan fingerprint density at radius 3 is 2.70 bits per heavy atom. The van der Waals surface area contributed by atoms with E-state index >= 15 is 0 Å². The Labute approximate surface area is 136 Å². The van der Waals surface area contributed by atoms with E-state index in [1.165, 1.54) is 0 Å². The molecule has 0 spiro atoms. The summed E-state index contributed by atoms with van der Waals surface area (Å²) in [6.45, 7) is 3.20. The number of para-hydroxylation sites is 1. The molecule has 1 atom stereocenters. The molecule has 2 heterocycles. The van der Waals surface area contributed by atoms with Crippen LogP contribution in [0.1, 0.15) is 13.3 Å². The number of hydrogen-bond acceptors (Lipinski definition) is 5. The summed E-state index contributed by atoms with van der Waals surface area (Å²) < 4.78 is 1.84. The molecular formula is C17H22N6. The molecule has 0 aliphatic rings. The first-order valence-electron chi connectivity index (χ1n) is 7.80. The minimum atomic E-state index is 0.329. The molecule has 0 aliphatic heterocycles. The standard InChI is InChI=1S/C17H22N6/c1-13(9-10-22(2)3)21-16-15-11-20-23(17(15)19-12-18-16)14-7-5-4-6-8-14/h4-8,11-13H,9-10H2,1-3H3,(H,18,19,21). The van der Waals surface area contributed by atoms with Gasteiger partial charge in [-0.3, -0.25) is 0 Å². The van der Waals surface area contributed by atoms with Gasteiger partial charge in [0, 0.05) is 6.04 Å². The van der Waals surface area contributed by atoms with E-state index in [0.29, 0.717) is 6.04 Å². The Morgan fingerprint density at radius 1 is 1.17 bits per heavy atom. The lowest BCUT2D eigenvalue weighted by molar-refractivity contribution is 0.390. The first-order chi connectivity index (χ1) is 11.1. The van der Waals surface area contributed by atoms with Crippen molar-refractivity contribution in [3.05, 3.63) is 42.9 Å². The highest BCUT2D eigenvalue weighted by Gasteiger charge is 2.12. The number of nitrogens with zero attached hydrogens (tertiary/aromatic N) is 5. The van der Waals surface area contributed by atoms with E-state index in [4.69, 9.17) is 0 Å². The van der Waals surface area contributed by atoms with Gasteiger partial charge >= 0.3 is 0 Å². The van der Waals surface area contributed by atoms with Crippen molar-refractivity contribution in [2.75, 3.05) is 26.0 Å². The minimum absolute atomic E-state index is 0.329. The van der Waals surface area contributed by atoms with Gasteiger partial charge in [0.2, 0.25) is 0 Å². The van der Waals surface area contributed by atoms with E-state index in [1.54, 1.807) is 6.33 Å². The number of nitrogens with one attached hydrogen (secondary N) is 1. The van der Waals surface area contributed by atoms with Crippen LogP contribution in [-0.4, -0.2) is 51.3 Å². The molecule has 1 N–H and O–H groups in total. The molecular weight excluding hydrogens is 288 g/mol. The summed E-state index contributed by atoms with van der Waals surface area (Å²) in [5.41, 5.74) is 1.81. The van der Waals surface area contributed by atoms with Crippen molar-refractivity contribution in [2.24, 2.45) is 0 Å². The van der Waals surface area contributed by atoms with Crippen LogP contribution in [0.5, 0.6) is 0 Å². The van der Waals surface area contributed by atoms with Crippen molar-refractivity contribution in [3.8, 4) is 5.69 Å². The molecule has 1 unspecified atom stereocenters. The van der Waals surface area contributed by atoms with Crippen LogP contribution in [0.3, 0.4) is 0 Å². The number of fused-ring (bicyclic) bond motifs is 1. The Balaban J connectivity index is 1.87. The van der Waals surface area contributed by atoms with Gasteiger partial charge in [-0.05, 0) is 46.1 Å². The first kappa shape index (κ1) is 15.4. The Morgan fingerprint density at radius 2 is 1.96 bits per heavy atom. The summed E-state index contributed by atoms with van der Waals surface area (Å²) in [5.74, 6) is 0.837. The highest BCUT2D eigenvalue weighted by atomic mass is 15.3. The van der Waals surface area contributed by atoms with Gasteiger partial charge in [0.05, 0.1) is 17.3 Å². The third-order valence-electron chi connectivity index (χ3n) is 3.76. The van der Waals surface area contributed by atoms with E-state index in [-0.39, 0.29) is 0 Å². The summed E-state index contributed by atoms with van der Waals surface area (Å²) in [4.78, 5) is 11.0. The molecule has 0 fully saturated rings. The van der Waals surface area contributed by atoms with E-state index in [2.05, 4.69) is 46.3 Å². The van der Waals surface area contributed by atoms with E-state index in [1.807, 2.05) is 41.2 Å². The van der Waals surface area contributed by atoms with Crippen LogP contribution in [0.2, 0.25) is 0 Å². The van der Waals surface area contributed by atoms with Gasteiger partial charge in [0.15, 0.2) is 5.65 Å². The van der Waals surface area contributed by atoms with Gasteiger partial charge in [0.25, 0.3) is 0 Å². The van der Waals surface area contributed by atoms with Crippen LogP contribution in [0.15, 0.2) is 42.9 Å². The zero-order chi connectivity index (χ0) is 16.2. The molecule has 0 bridgehead atoms. The number of benzene rings is 1. The fourth-order valence-corrected chi connectivity index (χ4v) is 2.47. The maximum absolute atomic E-state index is 4.47. The zero-order valence-corrected chi connectivity index (χ0v) is 13.8. The van der Waals surface area contributed by atoms with E-state index in [0.717, 1.165) is 35.5 Å². The predicted octanol–water partition coefficient (Wildman–Crippen LogP) is 2.57. The quantitative estimate of drug-likeness (QED) is 0.758. The maximum atomic E-state index is 4.47. The molecule has 1 aromatic carbocycles. The Bertz CT molecular complexity index is 765. The monoisotopic (exact) mass is 310 g/mol. The molecule has 3 rings (SSSR count). The lowest BCUT2D eigenvalue weighted by Gasteiger charge is -2.17. The van der Waals surface area contributed by atoms with Gasteiger partial charge in [-0.2, -0.15) is 5.10 Å². The zero-order valence-electron chi connectivity index (χ0n) is 13.8. The minimum Gasteiger partial charge on any atom is -0.367 e. The fourth-order valence-electron chi connectivity index (χ4n) is 2.47. The summed E-state index contributed by atoms with van der Waals surface area (Å²) >= 11 is 0. The lowest BCUT2D eigenvalue weighted by atomic mass is 10.2. The van der Waals surface area contributed by atoms with Crippen molar-refractivity contribution in [1.29, 1.82) is 0 Å². The molecule has 120 valence electrons. The number of anilines is 1. The molecule has 6 nitrogen and oxygen atoms in total. The van der Waals surface area contributed by atoms with Gasteiger partial charge in [-0.15, -0.1) is 0 Å². The molecule has 0 saturated carbocycles. The van der Waals surface area contributed by atoms with Crippen molar-refractivity contribution in [1.82, 2.24) is 24.6 Å². The largest absolute Gasteiger partial charge is 0.367 e. The predicted molar refractivity (Wildman–Crippen MR) is 92.9 cm³/mol. The number of aromatic nitrogens is 4. The molecule has 0 radical (unpaired) electrons. The second-order valence-corrected chi connectivity index (χ2v) is 5.99. The average Bonchev–Trinajstić information content (AvgIpc) is 2.99. The molecule has 23 heavy (non-hydrogen) atoms. The van der Waals surface area contributed by atoms with E-state index in [9.17, 15) is 0 Å².